The van der Waals surface area contributed by atoms with Crippen LogP contribution >= 0.6 is 0 Å². The molecule has 18 heavy (non-hydrogen) atoms. The second-order valence-corrected chi connectivity index (χ2v) is 10.6. The van der Waals surface area contributed by atoms with Gasteiger partial charge in [-0.15, -0.1) is 0 Å². The maximum atomic E-state index is 11.0. The fourth-order valence-electron chi connectivity index (χ4n) is 1.23. The molecule has 0 unspecified atom stereocenters. The molecular weight excluding hydrogens is 246 g/mol. The Morgan fingerprint density at radius 2 is 1.89 bits per heavy atom. The van der Waals surface area contributed by atoms with E-state index in [0.29, 0.717) is 5.75 Å². The highest BCUT2D eigenvalue weighted by Crippen LogP contribution is 2.37. The van der Waals surface area contributed by atoms with Crippen LogP contribution < -0.4 is 10.2 Å². The lowest BCUT2D eigenvalue weighted by Crippen LogP contribution is -2.43. The summed E-state index contributed by atoms with van der Waals surface area (Å²) in [5.74, 6) is -0.457. The average molecular weight is 267 g/mol. The van der Waals surface area contributed by atoms with Crippen molar-refractivity contribution >= 4 is 20.0 Å². The predicted molar refractivity (Wildman–Crippen MR) is 75.6 cm³/mol. The van der Waals surface area contributed by atoms with E-state index in [1.165, 1.54) is 6.07 Å². The number of carbonyl (C=O) groups is 1. The third-order valence-corrected chi connectivity index (χ3v) is 7.79. The number of hydrogen-bond donors (Lipinski definition) is 2. The fraction of sp³-hybridized carbons (Fsp3) is 0.462. The minimum atomic E-state index is -1.95. The lowest BCUT2D eigenvalue weighted by molar-refractivity contribution is 0.0697. The number of aromatic carboxylic acids is 1. The van der Waals surface area contributed by atoms with Crippen molar-refractivity contribution in [3.63, 3.8) is 0 Å². The molecule has 0 heterocycles. The van der Waals surface area contributed by atoms with Crippen molar-refractivity contribution in [2.45, 2.75) is 38.9 Å². The van der Waals surface area contributed by atoms with Crippen LogP contribution in [0.15, 0.2) is 18.2 Å². The number of nitrogens with two attached hydrogens (primary N) is 1. The SMILES string of the molecule is CC(C)(C)[Si](C)(C)Oc1ccc(N)c(C(=O)O)c1. The topological polar surface area (TPSA) is 72.5 Å². The quantitative estimate of drug-likeness (QED) is 0.650. The Labute approximate surface area is 109 Å². The highest BCUT2D eigenvalue weighted by Gasteiger charge is 2.39. The van der Waals surface area contributed by atoms with E-state index < -0.39 is 14.3 Å². The molecule has 1 rings (SSSR count). The van der Waals surface area contributed by atoms with Crippen molar-refractivity contribution in [2.24, 2.45) is 0 Å². The van der Waals surface area contributed by atoms with Crippen molar-refractivity contribution in [2.75, 3.05) is 5.73 Å². The van der Waals surface area contributed by atoms with Crippen molar-refractivity contribution in [1.29, 1.82) is 0 Å². The summed E-state index contributed by atoms with van der Waals surface area (Å²) in [6.45, 7) is 10.6. The third-order valence-electron chi connectivity index (χ3n) is 3.43. The summed E-state index contributed by atoms with van der Waals surface area (Å²) in [4.78, 5) is 11.0. The van der Waals surface area contributed by atoms with E-state index in [-0.39, 0.29) is 16.3 Å². The van der Waals surface area contributed by atoms with E-state index in [9.17, 15) is 4.79 Å². The van der Waals surface area contributed by atoms with Crippen molar-refractivity contribution < 1.29 is 14.3 Å². The van der Waals surface area contributed by atoms with E-state index in [4.69, 9.17) is 15.3 Å². The lowest BCUT2D eigenvalue weighted by atomic mass is 10.2. The number of nitrogen functional groups attached to an aromatic ring is 1. The van der Waals surface area contributed by atoms with Gasteiger partial charge >= 0.3 is 5.97 Å². The summed E-state index contributed by atoms with van der Waals surface area (Å²) in [6.07, 6.45) is 0. The number of hydrogen-bond acceptors (Lipinski definition) is 3. The van der Waals surface area contributed by atoms with Gasteiger partial charge in [-0.25, -0.2) is 4.79 Å². The Bertz CT molecular complexity index is 464. The summed E-state index contributed by atoms with van der Waals surface area (Å²) < 4.78 is 6.03. The molecule has 4 nitrogen and oxygen atoms in total. The van der Waals surface area contributed by atoms with Crippen LogP contribution in [0.3, 0.4) is 0 Å². The molecule has 0 aliphatic rings. The molecule has 0 spiro atoms. The second kappa shape index (κ2) is 4.64. The molecule has 0 saturated heterocycles. The average Bonchev–Trinajstić information content (AvgIpc) is 2.18. The van der Waals surface area contributed by atoms with Gasteiger partial charge in [-0.3, -0.25) is 0 Å². The van der Waals surface area contributed by atoms with Gasteiger partial charge in [-0.05, 0) is 36.3 Å². The number of benzene rings is 1. The molecule has 0 atom stereocenters. The largest absolute Gasteiger partial charge is 0.543 e. The minimum absolute atomic E-state index is 0.0672. The van der Waals surface area contributed by atoms with E-state index in [1.54, 1.807) is 12.1 Å². The molecule has 0 fully saturated rings. The van der Waals surface area contributed by atoms with Crippen molar-refractivity contribution in [3.8, 4) is 5.75 Å². The Balaban J connectivity index is 3.07. The van der Waals surface area contributed by atoms with Gasteiger partial charge in [0, 0.05) is 5.69 Å². The first-order valence-corrected chi connectivity index (χ1v) is 8.77. The third kappa shape index (κ3) is 3.04. The maximum Gasteiger partial charge on any atom is 0.337 e. The van der Waals surface area contributed by atoms with E-state index in [1.807, 2.05) is 0 Å². The van der Waals surface area contributed by atoms with Crippen molar-refractivity contribution in [1.82, 2.24) is 0 Å². The van der Waals surface area contributed by atoms with Gasteiger partial charge in [0.15, 0.2) is 0 Å². The van der Waals surface area contributed by atoms with Crippen molar-refractivity contribution in [3.05, 3.63) is 23.8 Å². The first-order chi connectivity index (χ1) is 8.04. The van der Waals surface area contributed by atoms with Gasteiger partial charge in [-0.2, -0.15) is 0 Å². The molecule has 0 aromatic heterocycles. The molecule has 0 saturated carbocycles. The molecular formula is C13H21NO3Si. The summed E-state index contributed by atoms with van der Waals surface area (Å²) in [5, 5.41) is 9.09. The highest BCUT2D eigenvalue weighted by atomic mass is 28.4. The normalized spacial score (nSPS) is 12.3. The zero-order valence-corrected chi connectivity index (χ0v) is 12.6. The number of carboxylic acid groups (broad SMARTS) is 1. The van der Waals surface area contributed by atoms with E-state index >= 15 is 0 Å². The lowest BCUT2D eigenvalue weighted by Gasteiger charge is -2.36. The Kier molecular flexibility index (Phi) is 3.76. The summed E-state index contributed by atoms with van der Waals surface area (Å²) in [5.41, 5.74) is 5.96. The smallest absolute Gasteiger partial charge is 0.337 e. The maximum absolute atomic E-state index is 11.0. The summed E-state index contributed by atoms with van der Waals surface area (Å²) in [7, 11) is -1.95. The van der Waals surface area contributed by atoms with Gasteiger partial charge in [-0.1, -0.05) is 20.8 Å². The van der Waals surface area contributed by atoms with Gasteiger partial charge in [0.05, 0.1) is 5.56 Å². The first kappa shape index (κ1) is 14.6. The molecule has 1 aromatic carbocycles. The van der Waals surface area contributed by atoms with Crippen LogP contribution in [-0.4, -0.2) is 19.4 Å². The summed E-state index contributed by atoms with van der Waals surface area (Å²) in [6, 6.07) is 4.80. The van der Waals surface area contributed by atoms with Gasteiger partial charge in [0.2, 0.25) is 8.32 Å². The van der Waals surface area contributed by atoms with Crippen LogP contribution in [0.2, 0.25) is 18.1 Å². The van der Waals surface area contributed by atoms with E-state index in [2.05, 4.69) is 33.9 Å². The second-order valence-electron chi connectivity index (χ2n) is 5.92. The van der Waals surface area contributed by atoms with Gasteiger partial charge in [0.25, 0.3) is 0 Å². The summed E-state index contributed by atoms with van der Waals surface area (Å²) >= 11 is 0. The van der Waals surface area contributed by atoms with Gasteiger partial charge in [0.1, 0.15) is 5.75 Å². The molecule has 0 aliphatic carbocycles. The fourth-order valence-corrected chi connectivity index (χ4v) is 2.25. The monoisotopic (exact) mass is 267 g/mol. The molecule has 5 heteroatoms. The van der Waals surface area contributed by atoms with Gasteiger partial charge < -0.3 is 15.3 Å². The molecule has 3 N–H and O–H groups in total. The highest BCUT2D eigenvalue weighted by molar-refractivity contribution is 6.74. The van der Waals surface area contributed by atoms with Crippen LogP contribution in [0.1, 0.15) is 31.1 Å². The number of rotatable bonds is 3. The Morgan fingerprint density at radius 1 is 1.33 bits per heavy atom. The van der Waals surface area contributed by atoms with Crippen LogP contribution in [0.5, 0.6) is 5.75 Å². The zero-order valence-electron chi connectivity index (χ0n) is 11.6. The van der Waals surface area contributed by atoms with Crippen LogP contribution in [-0.2, 0) is 0 Å². The number of anilines is 1. The van der Waals surface area contributed by atoms with Crippen LogP contribution in [0, 0.1) is 0 Å². The zero-order chi connectivity index (χ0) is 14.1. The Morgan fingerprint density at radius 3 is 2.33 bits per heavy atom. The molecule has 0 radical (unpaired) electrons. The Hall–Kier alpha value is -1.49. The van der Waals surface area contributed by atoms with Crippen LogP contribution in [0.25, 0.3) is 0 Å². The first-order valence-electron chi connectivity index (χ1n) is 5.86. The molecule has 0 bridgehead atoms. The minimum Gasteiger partial charge on any atom is -0.543 e. The molecule has 100 valence electrons. The molecule has 0 aliphatic heterocycles. The van der Waals surface area contributed by atoms with E-state index in [0.717, 1.165) is 0 Å². The molecule has 1 aromatic rings. The molecule has 0 amide bonds. The van der Waals surface area contributed by atoms with Crippen LogP contribution in [0.4, 0.5) is 5.69 Å². The predicted octanol–water partition coefficient (Wildman–Crippen LogP) is 3.35. The standard InChI is InChI=1S/C13H21NO3Si/c1-13(2,3)18(4,5)17-9-6-7-11(14)10(8-9)12(15)16/h6-8H,14H2,1-5H3,(H,15,16). The number of carboxylic acids is 1.